The van der Waals surface area contributed by atoms with Gasteiger partial charge in [-0.3, -0.25) is 4.79 Å². The van der Waals surface area contributed by atoms with Gasteiger partial charge < -0.3 is 4.74 Å². The Morgan fingerprint density at radius 1 is 1.21 bits per heavy atom. The molecule has 98 valence electrons. The van der Waals surface area contributed by atoms with E-state index in [2.05, 4.69) is 4.98 Å². The highest BCUT2D eigenvalue weighted by atomic mass is 32.1. The van der Waals surface area contributed by atoms with Crippen LogP contribution in [0.1, 0.15) is 45.7 Å². The van der Waals surface area contributed by atoms with Gasteiger partial charge in [0.25, 0.3) is 0 Å². The highest BCUT2D eigenvalue weighted by molar-refractivity contribution is 7.09. The fraction of sp³-hybridized carbons (Fsp3) is 0.214. The summed E-state index contributed by atoms with van der Waals surface area (Å²) in [6.45, 7) is 3.26. The third-order valence-corrected chi connectivity index (χ3v) is 3.55. The third kappa shape index (κ3) is 3.26. The molecule has 0 aliphatic heterocycles. The predicted molar refractivity (Wildman–Crippen MR) is 72.4 cm³/mol. The number of carbonyl (C=O) groups excluding carboxylic acids is 2. The zero-order chi connectivity index (χ0) is 13.8. The second-order valence-electron chi connectivity index (χ2n) is 4.05. The first-order valence-corrected chi connectivity index (χ1v) is 6.67. The zero-order valence-corrected chi connectivity index (χ0v) is 11.4. The van der Waals surface area contributed by atoms with Gasteiger partial charge in [0, 0.05) is 17.1 Å². The molecular weight excluding hydrogens is 262 g/mol. The quantitative estimate of drug-likeness (QED) is 0.634. The van der Waals surface area contributed by atoms with Crippen molar-refractivity contribution in [3.63, 3.8) is 0 Å². The van der Waals surface area contributed by atoms with Crippen molar-refractivity contribution in [2.45, 2.75) is 20.0 Å². The number of hydrogen-bond acceptors (Lipinski definition) is 5. The highest BCUT2D eigenvalue weighted by Gasteiger charge is 2.15. The number of hydrogen-bond donors (Lipinski definition) is 0. The molecule has 0 saturated heterocycles. The number of carbonyl (C=O) groups is 2. The van der Waals surface area contributed by atoms with Crippen LogP contribution in [-0.2, 0) is 4.74 Å². The van der Waals surface area contributed by atoms with Crippen LogP contribution in [0.2, 0.25) is 0 Å². The summed E-state index contributed by atoms with van der Waals surface area (Å²) >= 11 is 1.44. The first kappa shape index (κ1) is 13.4. The Balaban J connectivity index is 2.05. The van der Waals surface area contributed by atoms with Gasteiger partial charge in [0.05, 0.1) is 5.56 Å². The molecule has 0 fully saturated rings. The first-order chi connectivity index (χ1) is 9.08. The second kappa shape index (κ2) is 5.75. The smallest absolute Gasteiger partial charge is 0.338 e. The van der Waals surface area contributed by atoms with E-state index in [4.69, 9.17) is 4.74 Å². The van der Waals surface area contributed by atoms with Crippen molar-refractivity contribution in [2.24, 2.45) is 0 Å². The molecule has 4 nitrogen and oxygen atoms in total. The lowest BCUT2D eigenvalue weighted by Gasteiger charge is -2.10. The molecule has 1 aromatic heterocycles. The predicted octanol–water partition coefficient (Wildman–Crippen LogP) is 3.26. The van der Waals surface area contributed by atoms with Crippen LogP contribution in [0.3, 0.4) is 0 Å². The van der Waals surface area contributed by atoms with Crippen LogP contribution < -0.4 is 0 Å². The van der Waals surface area contributed by atoms with Crippen molar-refractivity contribution in [3.05, 3.63) is 52.0 Å². The lowest BCUT2D eigenvalue weighted by atomic mass is 10.1. The summed E-state index contributed by atoms with van der Waals surface area (Å²) in [7, 11) is 0. The molecule has 1 atom stereocenters. The van der Waals surface area contributed by atoms with E-state index in [1.165, 1.54) is 18.3 Å². The van der Waals surface area contributed by atoms with Crippen LogP contribution in [0.25, 0.3) is 0 Å². The van der Waals surface area contributed by atoms with E-state index in [0.29, 0.717) is 11.1 Å². The zero-order valence-electron chi connectivity index (χ0n) is 10.6. The molecule has 0 amide bonds. The molecule has 19 heavy (non-hydrogen) atoms. The lowest BCUT2D eigenvalue weighted by molar-refractivity contribution is 0.0337. The Bertz CT molecular complexity index is 575. The molecule has 0 bridgehead atoms. The van der Waals surface area contributed by atoms with Gasteiger partial charge in [0.15, 0.2) is 11.9 Å². The number of thiazole rings is 1. The van der Waals surface area contributed by atoms with Gasteiger partial charge in [0.1, 0.15) is 5.01 Å². The number of aromatic nitrogens is 1. The summed E-state index contributed by atoms with van der Waals surface area (Å²) in [5, 5.41) is 2.59. The highest BCUT2D eigenvalue weighted by Crippen LogP contribution is 2.20. The number of benzene rings is 1. The van der Waals surface area contributed by atoms with Crippen LogP contribution >= 0.6 is 11.3 Å². The number of ether oxygens (including phenoxy) is 1. The monoisotopic (exact) mass is 275 g/mol. The maximum absolute atomic E-state index is 11.9. The van der Waals surface area contributed by atoms with E-state index in [9.17, 15) is 9.59 Å². The minimum Gasteiger partial charge on any atom is -0.452 e. The molecule has 0 radical (unpaired) electrons. The van der Waals surface area contributed by atoms with E-state index in [1.54, 1.807) is 37.4 Å². The molecule has 5 heteroatoms. The standard InChI is InChI=1S/C14H13NO3S/c1-9(16)11-3-5-12(6-4-11)14(17)18-10(2)13-15-7-8-19-13/h3-8,10H,1-2H3. The van der Waals surface area contributed by atoms with Gasteiger partial charge >= 0.3 is 5.97 Å². The van der Waals surface area contributed by atoms with Gasteiger partial charge in [-0.15, -0.1) is 11.3 Å². The van der Waals surface area contributed by atoms with E-state index in [1.807, 2.05) is 5.38 Å². The Hall–Kier alpha value is -2.01. The minimum atomic E-state index is -0.419. The number of Topliss-reactive ketones (excluding diaryl/α,β-unsaturated/α-hetero) is 1. The molecule has 1 unspecified atom stereocenters. The first-order valence-electron chi connectivity index (χ1n) is 5.79. The van der Waals surface area contributed by atoms with Crippen molar-refractivity contribution in [2.75, 3.05) is 0 Å². The van der Waals surface area contributed by atoms with Crippen LogP contribution in [0.15, 0.2) is 35.8 Å². The summed E-state index contributed by atoms with van der Waals surface area (Å²) in [5.41, 5.74) is 0.998. The van der Waals surface area contributed by atoms with E-state index in [0.717, 1.165) is 5.01 Å². The number of esters is 1. The van der Waals surface area contributed by atoms with Crippen molar-refractivity contribution in [3.8, 4) is 0 Å². The summed E-state index contributed by atoms with van der Waals surface area (Å²) in [6.07, 6.45) is 1.30. The fourth-order valence-electron chi connectivity index (χ4n) is 1.56. The molecule has 0 saturated carbocycles. The molecule has 0 aliphatic rings. The Kier molecular flexibility index (Phi) is 4.06. The Morgan fingerprint density at radius 2 is 1.84 bits per heavy atom. The van der Waals surface area contributed by atoms with E-state index >= 15 is 0 Å². The normalized spacial score (nSPS) is 11.9. The summed E-state index contributed by atoms with van der Waals surface area (Å²) in [5.74, 6) is -0.450. The molecule has 2 rings (SSSR count). The summed E-state index contributed by atoms with van der Waals surface area (Å²) in [6, 6.07) is 6.42. The van der Waals surface area contributed by atoms with E-state index in [-0.39, 0.29) is 11.9 Å². The fourth-order valence-corrected chi connectivity index (χ4v) is 2.18. The van der Waals surface area contributed by atoms with E-state index < -0.39 is 5.97 Å². The third-order valence-electron chi connectivity index (χ3n) is 2.61. The number of ketones is 1. The number of rotatable bonds is 4. The average Bonchev–Trinajstić information content (AvgIpc) is 2.92. The van der Waals surface area contributed by atoms with Crippen molar-refractivity contribution >= 4 is 23.1 Å². The molecular formula is C14H13NO3S. The Labute approximate surface area is 115 Å². The Morgan fingerprint density at radius 3 is 2.37 bits per heavy atom. The molecule has 0 N–H and O–H groups in total. The summed E-state index contributed by atoms with van der Waals surface area (Å²) < 4.78 is 5.31. The van der Waals surface area contributed by atoms with Gasteiger partial charge in [-0.05, 0) is 26.0 Å². The molecule has 0 spiro atoms. The van der Waals surface area contributed by atoms with Crippen molar-refractivity contribution < 1.29 is 14.3 Å². The van der Waals surface area contributed by atoms with Crippen molar-refractivity contribution in [1.82, 2.24) is 4.98 Å². The van der Waals surface area contributed by atoms with Crippen LogP contribution in [0.4, 0.5) is 0 Å². The topological polar surface area (TPSA) is 56.3 Å². The van der Waals surface area contributed by atoms with Gasteiger partial charge in [-0.1, -0.05) is 12.1 Å². The lowest BCUT2D eigenvalue weighted by Crippen LogP contribution is -2.09. The van der Waals surface area contributed by atoms with Gasteiger partial charge in [0.2, 0.25) is 0 Å². The largest absolute Gasteiger partial charge is 0.452 e. The minimum absolute atomic E-state index is 0.0314. The second-order valence-corrected chi connectivity index (χ2v) is 4.98. The van der Waals surface area contributed by atoms with Crippen LogP contribution in [0.5, 0.6) is 0 Å². The van der Waals surface area contributed by atoms with Gasteiger partial charge in [-0.2, -0.15) is 0 Å². The summed E-state index contributed by atoms with van der Waals surface area (Å²) in [4.78, 5) is 27.1. The number of nitrogens with zero attached hydrogens (tertiary/aromatic N) is 1. The maximum Gasteiger partial charge on any atom is 0.338 e. The van der Waals surface area contributed by atoms with Crippen LogP contribution in [-0.4, -0.2) is 16.7 Å². The molecule has 0 aliphatic carbocycles. The van der Waals surface area contributed by atoms with Gasteiger partial charge in [-0.25, -0.2) is 9.78 Å². The molecule has 1 heterocycles. The molecule has 2 aromatic rings. The molecule has 1 aromatic carbocycles. The SMILES string of the molecule is CC(=O)c1ccc(C(=O)OC(C)c2nccs2)cc1. The maximum atomic E-state index is 11.9. The van der Waals surface area contributed by atoms with Crippen LogP contribution in [0, 0.1) is 0 Å². The average molecular weight is 275 g/mol. The van der Waals surface area contributed by atoms with Crippen molar-refractivity contribution in [1.29, 1.82) is 0 Å².